The molecule has 1 amide bonds. The number of nitrogens with zero attached hydrogens (tertiary/aromatic N) is 3. The molecule has 0 radical (unpaired) electrons. The van der Waals surface area contributed by atoms with Gasteiger partial charge in [0.05, 0.1) is 6.54 Å². The Kier molecular flexibility index (Phi) is 5.93. The van der Waals surface area contributed by atoms with Crippen molar-refractivity contribution in [3.8, 4) is 0 Å². The highest BCUT2D eigenvalue weighted by atomic mass is 35.5. The van der Waals surface area contributed by atoms with Crippen molar-refractivity contribution in [1.29, 1.82) is 0 Å². The van der Waals surface area contributed by atoms with Gasteiger partial charge in [0.2, 0.25) is 5.91 Å². The normalized spacial score (nSPS) is 20.4. The zero-order chi connectivity index (χ0) is 19.7. The lowest BCUT2D eigenvalue weighted by Crippen LogP contribution is -2.50. The third kappa shape index (κ3) is 4.20. The fraction of sp³-hybridized carbons (Fsp3) is 0.409. The Balaban J connectivity index is 1.32. The second-order valence-electron chi connectivity index (χ2n) is 7.73. The van der Waals surface area contributed by atoms with Crippen molar-refractivity contribution >= 4 is 34.8 Å². The average molecular weight is 418 g/mol. The van der Waals surface area contributed by atoms with Crippen LogP contribution in [0, 0.1) is 0 Å². The van der Waals surface area contributed by atoms with Gasteiger partial charge >= 0.3 is 0 Å². The predicted molar refractivity (Wildman–Crippen MR) is 115 cm³/mol. The van der Waals surface area contributed by atoms with Crippen molar-refractivity contribution in [1.82, 2.24) is 9.80 Å². The van der Waals surface area contributed by atoms with Crippen molar-refractivity contribution in [2.24, 2.45) is 0 Å². The summed E-state index contributed by atoms with van der Waals surface area (Å²) in [4.78, 5) is 19.6. The van der Waals surface area contributed by atoms with Crippen molar-refractivity contribution in [3.63, 3.8) is 0 Å². The molecule has 4 nitrogen and oxygen atoms in total. The van der Waals surface area contributed by atoms with Crippen molar-refractivity contribution in [2.45, 2.75) is 25.9 Å². The lowest BCUT2D eigenvalue weighted by Gasteiger charge is -2.35. The van der Waals surface area contributed by atoms with Crippen LogP contribution in [-0.4, -0.2) is 54.5 Å². The largest absolute Gasteiger partial charge is 0.308 e. The molecule has 1 fully saturated rings. The van der Waals surface area contributed by atoms with E-state index in [4.69, 9.17) is 23.2 Å². The van der Waals surface area contributed by atoms with E-state index < -0.39 is 0 Å². The van der Waals surface area contributed by atoms with Gasteiger partial charge in [0.25, 0.3) is 0 Å². The van der Waals surface area contributed by atoms with Crippen LogP contribution in [0.1, 0.15) is 18.1 Å². The van der Waals surface area contributed by atoms with E-state index in [2.05, 4.69) is 28.9 Å². The molecule has 4 rings (SSSR count). The molecule has 0 saturated carbocycles. The van der Waals surface area contributed by atoms with E-state index in [1.807, 2.05) is 35.2 Å². The molecule has 2 aliphatic rings. The first kappa shape index (κ1) is 19.7. The van der Waals surface area contributed by atoms with E-state index in [9.17, 15) is 4.79 Å². The number of fused-ring (bicyclic) bond motifs is 1. The minimum absolute atomic E-state index is 0.198. The van der Waals surface area contributed by atoms with Gasteiger partial charge in [-0.15, -0.1) is 0 Å². The summed E-state index contributed by atoms with van der Waals surface area (Å²) in [5.74, 6) is 0.198. The molecule has 2 aromatic rings. The third-order valence-electron chi connectivity index (χ3n) is 5.70. The molecular weight excluding hydrogens is 393 g/mol. The highest BCUT2D eigenvalue weighted by molar-refractivity contribution is 6.33. The minimum Gasteiger partial charge on any atom is -0.308 e. The smallest absolute Gasteiger partial charge is 0.241 e. The molecule has 28 heavy (non-hydrogen) atoms. The first-order valence-corrected chi connectivity index (χ1v) is 10.6. The lowest BCUT2D eigenvalue weighted by molar-refractivity contribution is -0.120. The zero-order valence-electron chi connectivity index (χ0n) is 16.1. The first-order chi connectivity index (χ1) is 13.5. The van der Waals surface area contributed by atoms with Crippen LogP contribution in [0.3, 0.4) is 0 Å². The molecule has 6 heteroatoms. The van der Waals surface area contributed by atoms with Gasteiger partial charge in [0.15, 0.2) is 0 Å². The Morgan fingerprint density at radius 3 is 2.54 bits per heavy atom. The van der Waals surface area contributed by atoms with Crippen LogP contribution < -0.4 is 4.90 Å². The molecule has 2 heterocycles. The van der Waals surface area contributed by atoms with Crippen LogP contribution in [0.2, 0.25) is 10.0 Å². The summed E-state index contributed by atoms with van der Waals surface area (Å²) >= 11 is 12.4. The zero-order valence-corrected chi connectivity index (χ0v) is 17.6. The molecule has 0 bridgehead atoms. The molecule has 2 aliphatic heterocycles. The first-order valence-electron chi connectivity index (χ1n) is 9.80. The van der Waals surface area contributed by atoms with Gasteiger partial charge in [-0.05, 0) is 48.7 Å². The second kappa shape index (κ2) is 8.42. The molecule has 0 spiro atoms. The molecule has 0 aliphatic carbocycles. The molecule has 0 unspecified atom stereocenters. The van der Waals surface area contributed by atoms with Crippen LogP contribution in [0.25, 0.3) is 0 Å². The topological polar surface area (TPSA) is 26.8 Å². The molecule has 1 saturated heterocycles. The number of hydrogen-bond acceptors (Lipinski definition) is 3. The molecule has 0 aromatic heterocycles. The van der Waals surface area contributed by atoms with Gasteiger partial charge < -0.3 is 4.90 Å². The van der Waals surface area contributed by atoms with Crippen LogP contribution >= 0.6 is 23.2 Å². The summed E-state index contributed by atoms with van der Waals surface area (Å²) in [5.41, 5.74) is 3.40. The number of anilines is 1. The summed E-state index contributed by atoms with van der Waals surface area (Å²) in [6.45, 7) is 7.00. The Morgan fingerprint density at radius 2 is 1.75 bits per heavy atom. The van der Waals surface area contributed by atoms with Crippen LogP contribution in [0.4, 0.5) is 5.69 Å². The Labute approximate surface area is 176 Å². The van der Waals surface area contributed by atoms with Gasteiger partial charge in [-0.1, -0.05) is 41.4 Å². The van der Waals surface area contributed by atoms with Gasteiger partial charge in [-0.2, -0.15) is 0 Å². The van der Waals surface area contributed by atoms with Crippen molar-refractivity contribution in [3.05, 3.63) is 63.6 Å². The molecule has 2 aromatic carbocycles. The number of rotatable bonds is 4. The van der Waals surface area contributed by atoms with Crippen LogP contribution in [-0.2, 0) is 17.8 Å². The SMILES string of the molecule is C[C@@H]1Cc2ccccc2N1C(=O)CN1CCN(Cc2cc(Cl)ccc2Cl)CC1. The predicted octanol–water partition coefficient (Wildman–Crippen LogP) is 4.09. The maximum atomic E-state index is 13.0. The second-order valence-corrected chi connectivity index (χ2v) is 8.58. The van der Waals surface area contributed by atoms with E-state index in [0.717, 1.165) is 55.4 Å². The molecule has 148 valence electrons. The van der Waals surface area contributed by atoms with Gasteiger partial charge in [0.1, 0.15) is 0 Å². The van der Waals surface area contributed by atoms with Gasteiger partial charge in [-0.25, -0.2) is 0 Å². The fourth-order valence-electron chi connectivity index (χ4n) is 4.22. The van der Waals surface area contributed by atoms with Crippen molar-refractivity contribution in [2.75, 3.05) is 37.6 Å². The van der Waals surface area contributed by atoms with Gasteiger partial charge in [0, 0.05) is 54.5 Å². The van der Waals surface area contributed by atoms with Gasteiger partial charge in [-0.3, -0.25) is 14.6 Å². The summed E-state index contributed by atoms with van der Waals surface area (Å²) < 4.78 is 0. The number of amides is 1. The average Bonchev–Trinajstić information content (AvgIpc) is 3.02. The number of halogens is 2. The number of carbonyl (C=O) groups excluding carboxylic acids is 1. The highest BCUT2D eigenvalue weighted by Gasteiger charge is 2.31. The van der Waals surface area contributed by atoms with E-state index in [-0.39, 0.29) is 11.9 Å². The standard InChI is InChI=1S/C22H25Cl2N3O/c1-16-12-17-4-2-3-5-21(17)27(16)22(28)15-26-10-8-25(9-11-26)14-18-13-19(23)6-7-20(18)24/h2-7,13,16H,8-12,14-15H2,1H3/t16-/m1/s1. The minimum atomic E-state index is 0.198. The van der Waals surface area contributed by atoms with E-state index >= 15 is 0 Å². The molecule has 1 atom stereocenters. The Hall–Kier alpha value is -1.59. The van der Waals surface area contributed by atoms with E-state index in [1.165, 1.54) is 5.56 Å². The fourth-order valence-corrected chi connectivity index (χ4v) is 4.60. The van der Waals surface area contributed by atoms with Crippen LogP contribution in [0.15, 0.2) is 42.5 Å². The maximum Gasteiger partial charge on any atom is 0.241 e. The van der Waals surface area contributed by atoms with E-state index in [0.29, 0.717) is 11.6 Å². The maximum absolute atomic E-state index is 13.0. The number of para-hydroxylation sites is 1. The summed E-state index contributed by atoms with van der Waals surface area (Å²) in [6, 6.07) is 14.1. The van der Waals surface area contributed by atoms with E-state index in [1.54, 1.807) is 0 Å². The number of carbonyl (C=O) groups is 1. The quantitative estimate of drug-likeness (QED) is 0.749. The number of benzene rings is 2. The number of piperazine rings is 1. The lowest BCUT2D eigenvalue weighted by atomic mass is 10.1. The monoisotopic (exact) mass is 417 g/mol. The molecular formula is C22H25Cl2N3O. The third-order valence-corrected chi connectivity index (χ3v) is 6.31. The Morgan fingerprint density at radius 1 is 1.04 bits per heavy atom. The summed E-state index contributed by atoms with van der Waals surface area (Å²) in [5, 5.41) is 1.47. The Bertz CT molecular complexity index is 865. The number of hydrogen-bond donors (Lipinski definition) is 0. The summed E-state index contributed by atoms with van der Waals surface area (Å²) in [6.07, 6.45) is 0.941. The summed E-state index contributed by atoms with van der Waals surface area (Å²) in [7, 11) is 0. The molecule has 0 N–H and O–H groups in total. The van der Waals surface area contributed by atoms with Crippen molar-refractivity contribution < 1.29 is 4.79 Å². The van der Waals surface area contributed by atoms with Crippen LogP contribution in [0.5, 0.6) is 0 Å². The highest BCUT2D eigenvalue weighted by Crippen LogP contribution is 2.32.